The average Bonchev–Trinajstić information content (AvgIpc) is 2.38. The van der Waals surface area contributed by atoms with E-state index < -0.39 is 11.7 Å². The van der Waals surface area contributed by atoms with E-state index in [2.05, 4.69) is 4.98 Å². The SMILES string of the molecule is N=C(N)c1cc(Oc2cccc(C(F)(F)F)c2)ccn1. The van der Waals surface area contributed by atoms with Crippen molar-refractivity contribution in [3.63, 3.8) is 0 Å². The second-order valence-corrected chi connectivity index (χ2v) is 3.92. The Labute approximate surface area is 112 Å². The van der Waals surface area contributed by atoms with Crippen LogP contribution in [-0.2, 0) is 6.18 Å². The maximum atomic E-state index is 12.6. The number of rotatable bonds is 3. The average molecular weight is 281 g/mol. The molecule has 1 heterocycles. The van der Waals surface area contributed by atoms with Gasteiger partial charge in [-0.2, -0.15) is 13.2 Å². The number of halogens is 3. The molecule has 0 amide bonds. The molecule has 0 saturated heterocycles. The molecule has 3 N–H and O–H groups in total. The first-order valence-corrected chi connectivity index (χ1v) is 5.52. The molecule has 20 heavy (non-hydrogen) atoms. The number of amidine groups is 1. The Hall–Kier alpha value is -2.57. The zero-order chi connectivity index (χ0) is 14.8. The van der Waals surface area contributed by atoms with E-state index in [1.165, 1.54) is 30.5 Å². The van der Waals surface area contributed by atoms with Crippen molar-refractivity contribution >= 4 is 5.84 Å². The summed E-state index contributed by atoms with van der Waals surface area (Å²) in [5.74, 6) is 0.0459. The highest BCUT2D eigenvalue weighted by molar-refractivity contribution is 5.93. The smallest absolute Gasteiger partial charge is 0.416 e. The summed E-state index contributed by atoms with van der Waals surface area (Å²) >= 11 is 0. The molecular weight excluding hydrogens is 271 g/mol. The molecule has 2 aromatic rings. The summed E-state index contributed by atoms with van der Waals surface area (Å²) < 4.78 is 43.0. The van der Waals surface area contributed by atoms with E-state index in [1.54, 1.807) is 0 Å². The van der Waals surface area contributed by atoms with Crippen LogP contribution in [0.15, 0.2) is 42.6 Å². The van der Waals surface area contributed by atoms with Crippen LogP contribution in [-0.4, -0.2) is 10.8 Å². The maximum Gasteiger partial charge on any atom is 0.416 e. The molecule has 4 nitrogen and oxygen atoms in total. The van der Waals surface area contributed by atoms with Crippen LogP contribution >= 0.6 is 0 Å². The van der Waals surface area contributed by atoms with Crippen molar-refractivity contribution in [2.24, 2.45) is 5.73 Å². The fourth-order valence-electron chi connectivity index (χ4n) is 1.49. The monoisotopic (exact) mass is 281 g/mol. The molecule has 0 aliphatic heterocycles. The minimum absolute atomic E-state index is 0.0422. The van der Waals surface area contributed by atoms with Crippen LogP contribution in [0, 0.1) is 5.41 Å². The number of ether oxygens (including phenoxy) is 1. The lowest BCUT2D eigenvalue weighted by atomic mass is 10.2. The number of nitrogens with one attached hydrogen (secondary N) is 1. The zero-order valence-corrected chi connectivity index (χ0v) is 10.1. The van der Waals surface area contributed by atoms with Crippen molar-refractivity contribution in [2.45, 2.75) is 6.18 Å². The van der Waals surface area contributed by atoms with Gasteiger partial charge in [-0.3, -0.25) is 10.4 Å². The summed E-state index contributed by atoms with van der Waals surface area (Å²) in [4.78, 5) is 3.83. The van der Waals surface area contributed by atoms with Crippen molar-refractivity contribution < 1.29 is 17.9 Å². The maximum absolute atomic E-state index is 12.6. The van der Waals surface area contributed by atoms with Gasteiger partial charge in [0.2, 0.25) is 0 Å². The van der Waals surface area contributed by atoms with Gasteiger partial charge >= 0.3 is 6.18 Å². The zero-order valence-electron chi connectivity index (χ0n) is 10.1. The van der Waals surface area contributed by atoms with Crippen LogP contribution in [0.3, 0.4) is 0 Å². The second kappa shape index (κ2) is 5.20. The van der Waals surface area contributed by atoms with Crippen LogP contribution in [0.2, 0.25) is 0 Å². The fourth-order valence-corrected chi connectivity index (χ4v) is 1.49. The van der Waals surface area contributed by atoms with Crippen LogP contribution in [0.5, 0.6) is 11.5 Å². The number of alkyl halides is 3. The van der Waals surface area contributed by atoms with Gasteiger partial charge in [0.1, 0.15) is 23.0 Å². The normalized spacial score (nSPS) is 11.2. The molecule has 7 heteroatoms. The molecule has 0 saturated carbocycles. The Bertz CT molecular complexity index is 641. The van der Waals surface area contributed by atoms with Gasteiger partial charge in [-0.15, -0.1) is 0 Å². The molecule has 1 aromatic carbocycles. The van der Waals surface area contributed by atoms with Crippen molar-refractivity contribution in [1.82, 2.24) is 4.98 Å². The van der Waals surface area contributed by atoms with Gasteiger partial charge in [-0.05, 0) is 24.3 Å². The van der Waals surface area contributed by atoms with Gasteiger partial charge < -0.3 is 10.5 Å². The van der Waals surface area contributed by atoms with E-state index in [9.17, 15) is 13.2 Å². The van der Waals surface area contributed by atoms with E-state index in [0.29, 0.717) is 0 Å². The first-order valence-electron chi connectivity index (χ1n) is 5.52. The summed E-state index contributed by atoms with van der Waals surface area (Å²) in [5.41, 5.74) is 4.67. The second-order valence-electron chi connectivity index (χ2n) is 3.92. The fraction of sp³-hybridized carbons (Fsp3) is 0.0769. The van der Waals surface area contributed by atoms with E-state index in [0.717, 1.165) is 12.1 Å². The highest BCUT2D eigenvalue weighted by Gasteiger charge is 2.30. The molecular formula is C13H10F3N3O. The van der Waals surface area contributed by atoms with E-state index in [4.69, 9.17) is 15.9 Å². The lowest BCUT2D eigenvalue weighted by Crippen LogP contribution is -2.12. The molecule has 104 valence electrons. The van der Waals surface area contributed by atoms with Crippen LogP contribution in [0.4, 0.5) is 13.2 Å². The molecule has 0 fully saturated rings. The van der Waals surface area contributed by atoms with Gasteiger partial charge in [0, 0.05) is 12.3 Å². The molecule has 0 radical (unpaired) electrons. The van der Waals surface area contributed by atoms with E-state index in [-0.39, 0.29) is 23.0 Å². The summed E-state index contributed by atoms with van der Waals surface area (Å²) in [6, 6.07) is 7.36. The van der Waals surface area contributed by atoms with Gasteiger partial charge in [0.25, 0.3) is 0 Å². The Morgan fingerprint density at radius 1 is 1.15 bits per heavy atom. The molecule has 0 atom stereocenters. The topological polar surface area (TPSA) is 72.0 Å². The molecule has 0 bridgehead atoms. The van der Waals surface area contributed by atoms with E-state index in [1.807, 2.05) is 0 Å². The quantitative estimate of drug-likeness (QED) is 0.670. The number of nitrogen functional groups attached to an aromatic ring is 1. The molecule has 2 rings (SSSR count). The lowest BCUT2D eigenvalue weighted by molar-refractivity contribution is -0.137. The molecule has 1 aromatic heterocycles. The summed E-state index contributed by atoms with van der Waals surface area (Å²) in [6.07, 6.45) is -3.07. The Balaban J connectivity index is 2.26. The Morgan fingerprint density at radius 3 is 2.50 bits per heavy atom. The van der Waals surface area contributed by atoms with Crippen LogP contribution in [0.25, 0.3) is 0 Å². The lowest BCUT2D eigenvalue weighted by Gasteiger charge is -2.10. The number of aromatic nitrogens is 1. The summed E-state index contributed by atoms with van der Waals surface area (Å²) in [6.45, 7) is 0. The van der Waals surface area contributed by atoms with Crippen LogP contribution in [0.1, 0.15) is 11.3 Å². The van der Waals surface area contributed by atoms with Gasteiger partial charge in [0.15, 0.2) is 0 Å². The van der Waals surface area contributed by atoms with Gasteiger partial charge in [0.05, 0.1) is 5.56 Å². The number of benzene rings is 1. The highest BCUT2D eigenvalue weighted by Crippen LogP contribution is 2.32. The third-order valence-corrected chi connectivity index (χ3v) is 2.40. The number of hydrogen-bond donors (Lipinski definition) is 2. The first kappa shape index (κ1) is 13.9. The number of nitrogens with two attached hydrogens (primary N) is 1. The third kappa shape index (κ3) is 3.25. The highest BCUT2D eigenvalue weighted by atomic mass is 19.4. The third-order valence-electron chi connectivity index (χ3n) is 2.40. The van der Waals surface area contributed by atoms with E-state index >= 15 is 0 Å². The summed E-state index contributed by atoms with van der Waals surface area (Å²) in [5, 5.41) is 7.24. The standard InChI is InChI=1S/C13H10F3N3O/c14-13(15,16)8-2-1-3-9(6-8)20-10-4-5-19-11(7-10)12(17)18/h1-7H,(H3,17,18). The van der Waals surface area contributed by atoms with Crippen molar-refractivity contribution in [2.75, 3.05) is 0 Å². The molecule has 0 spiro atoms. The van der Waals surface area contributed by atoms with Gasteiger partial charge in [-0.25, -0.2) is 0 Å². The summed E-state index contributed by atoms with van der Waals surface area (Å²) in [7, 11) is 0. The predicted octanol–water partition coefficient (Wildman–Crippen LogP) is 3.18. The molecule has 0 aliphatic carbocycles. The first-order chi connectivity index (χ1) is 9.36. The largest absolute Gasteiger partial charge is 0.457 e. The molecule has 0 aliphatic rings. The molecule has 0 unspecified atom stereocenters. The van der Waals surface area contributed by atoms with Gasteiger partial charge in [-0.1, -0.05) is 6.07 Å². The van der Waals surface area contributed by atoms with Crippen molar-refractivity contribution in [1.29, 1.82) is 5.41 Å². The Morgan fingerprint density at radius 2 is 1.85 bits per heavy atom. The van der Waals surface area contributed by atoms with Crippen molar-refractivity contribution in [3.8, 4) is 11.5 Å². The number of hydrogen-bond acceptors (Lipinski definition) is 3. The minimum Gasteiger partial charge on any atom is -0.457 e. The minimum atomic E-state index is -4.43. The predicted molar refractivity (Wildman–Crippen MR) is 66.8 cm³/mol. The van der Waals surface area contributed by atoms with Crippen LogP contribution < -0.4 is 10.5 Å². The number of pyridine rings is 1. The van der Waals surface area contributed by atoms with Crippen molar-refractivity contribution in [3.05, 3.63) is 53.9 Å². The Kier molecular flexibility index (Phi) is 3.60. The number of nitrogens with zero attached hydrogens (tertiary/aromatic N) is 1.